The molecule has 0 aliphatic rings. The molecular formula is C15H21N3O2. The third-order valence-corrected chi connectivity index (χ3v) is 2.94. The van der Waals surface area contributed by atoms with Gasteiger partial charge in [-0.2, -0.15) is 4.98 Å². The molecule has 0 aliphatic heterocycles. The Kier molecular flexibility index (Phi) is 6.20. The molecule has 2 aromatic rings. The zero-order valence-electron chi connectivity index (χ0n) is 11.8. The Balaban J connectivity index is 1.70. The van der Waals surface area contributed by atoms with E-state index in [0.29, 0.717) is 18.9 Å². The minimum atomic E-state index is 0.620. The van der Waals surface area contributed by atoms with Gasteiger partial charge in [-0.3, -0.25) is 0 Å². The summed E-state index contributed by atoms with van der Waals surface area (Å²) in [4.78, 5) is 4.37. The molecule has 1 aromatic heterocycles. The second kappa shape index (κ2) is 8.45. The Morgan fingerprint density at radius 3 is 2.85 bits per heavy atom. The predicted molar refractivity (Wildman–Crippen MR) is 76.4 cm³/mol. The average Bonchev–Trinajstić information content (AvgIpc) is 2.91. The van der Waals surface area contributed by atoms with E-state index in [-0.39, 0.29) is 0 Å². The highest BCUT2D eigenvalue weighted by atomic mass is 16.5. The first kappa shape index (κ1) is 14.7. The Morgan fingerprint density at radius 1 is 1.20 bits per heavy atom. The minimum absolute atomic E-state index is 0.620. The van der Waals surface area contributed by atoms with Crippen LogP contribution in [-0.4, -0.2) is 30.4 Å². The summed E-state index contributed by atoms with van der Waals surface area (Å²) in [5, 5.41) is 7.28. The van der Waals surface area contributed by atoms with Crippen LogP contribution in [0.5, 0.6) is 0 Å². The maximum atomic E-state index is 5.22. The van der Waals surface area contributed by atoms with Crippen LogP contribution in [-0.2, 0) is 17.7 Å². The number of methoxy groups -OCH3 is 1. The second-order valence-electron chi connectivity index (χ2n) is 4.64. The van der Waals surface area contributed by atoms with E-state index in [1.807, 2.05) is 18.2 Å². The lowest BCUT2D eigenvalue weighted by Gasteiger charge is -2.00. The normalized spacial score (nSPS) is 10.8. The molecule has 0 bridgehead atoms. The molecule has 0 radical (unpaired) electrons. The van der Waals surface area contributed by atoms with Gasteiger partial charge in [0.1, 0.15) is 0 Å². The third-order valence-electron chi connectivity index (χ3n) is 2.94. The van der Waals surface area contributed by atoms with E-state index in [0.717, 1.165) is 31.8 Å². The summed E-state index contributed by atoms with van der Waals surface area (Å²) >= 11 is 0. The standard InChI is InChI=1S/C15H21N3O2/c1-19-10-6-5-9-16-12-15-17-14(18-20-15)11-13-7-3-2-4-8-13/h2-4,7-8,16H,5-6,9-12H2,1H3. The number of benzene rings is 1. The Labute approximate surface area is 119 Å². The molecule has 0 saturated heterocycles. The highest BCUT2D eigenvalue weighted by Crippen LogP contribution is 2.06. The van der Waals surface area contributed by atoms with E-state index < -0.39 is 0 Å². The van der Waals surface area contributed by atoms with Gasteiger partial charge in [0.2, 0.25) is 5.89 Å². The summed E-state index contributed by atoms with van der Waals surface area (Å²) in [6.45, 7) is 2.36. The largest absolute Gasteiger partial charge is 0.385 e. The Bertz CT molecular complexity index is 485. The number of rotatable bonds is 9. The summed E-state index contributed by atoms with van der Waals surface area (Å²) in [7, 11) is 1.72. The van der Waals surface area contributed by atoms with Gasteiger partial charge in [-0.25, -0.2) is 0 Å². The van der Waals surface area contributed by atoms with Crippen LogP contribution in [0.2, 0.25) is 0 Å². The molecule has 0 amide bonds. The topological polar surface area (TPSA) is 60.2 Å². The van der Waals surface area contributed by atoms with E-state index in [1.165, 1.54) is 5.56 Å². The molecule has 2 rings (SSSR count). The molecule has 1 N–H and O–H groups in total. The van der Waals surface area contributed by atoms with Crippen LogP contribution in [0.15, 0.2) is 34.9 Å². The lowest BCUT2D eigenvalue weighted by Crippen LogP contribution is -2.15. The molecule has 0 spiro atoms. The molecule has 0 atom stereocenters. The number of nitrogens with zero attached hydrogens (tertiary/aromatic N) is 2. The van der Waals surface area contributed by atoms with Crippen LogP contribution in [0.1, 0.15) is 30.1 Å². The number of unbranched alkanes of at least 4 members (excludes halogenated alkanes) is 1. The zero-order chi connectivity index (χ0) is 14.0. The fourth-order valence-electron chi connectivity index (χ4n) is 1.90. The fraction of sp³-hybridized carbons (Fsp3) is 0.467. The van der Waals surface area contributed by atoms with Gasteiger partial charge in [0.15, 0.2) is 5.82 Å². The quantitative estimate of drug-likeness (QED) is 0.711. The van der Waals surface area contributed by atoms with Crippen molar-refractivity contribution in [3.05, 3.63) is 47.6 Å². The van der Waals surface area contributed by atoms with Gasteiger partial charge in [0, 0.05) is 20.1 Å². The first-order valence-electron chi connectivity index (χ1n) is 6.93. The number of nitrogens with one attached hydrogen (secondary N) is 1. The van der Waals surface area contributed by atoms with Crippen molar-refractivity contribution in [2.24, 2.45) is 0 Å². The molecule has 108 valence electrons. The molecule has 1 heterocycles. The minimum Gasteiger partial charge on any atom is -0.385 e. The average molecular weight is 275 g/mol. The van der Waals surface area contributed by atoms with Crippen molar-refractivity contribution in [3.63, 3.8) is 0 Å². The van der Waals surface area contributed by atoms with Gasteiger partial charge >= 0.3 is 0 Å². The third kappa shape index (κ3) is 5.11. The van der Waals surface area contributed by atoms with Gasteiger partial charge in [-0.1, -0.05) is 35.5 Å². The van der Waals surface area contributed by atoms with E-state index >= 15 is 0 Å². The number of ether oxygens (including phenoxy) is 1. The summed E-state index contributed by atoms with van der Waals surface area (Å²) in [5.41, 5.74) is 1.19. The van der Waals surface area contributed by atoms with Crippen LogP contribution in [0, 0.1) is 0 Å². The van der Waals surface area contributed by atoms with Crippen molar-refractivity contribution in [1.82, 2.24) is 15.5 Å². The van der Waals surface area contributed by atoms with Gasteiger partial charge in [-0.15, -0.1) is 0 Å². The first-order chi connectivity index (χ1) is 9.88. The van der Waals surface area contributed by atoms with Crippen LogP contribution in [0.25, 0.3) is 0 Å². The van der Waals surface area contributed by atoms with Crippen LogP contribution < -0.4 is 5.32 Å². The summed E-state index contributed by atoms with van der Waals surface area (Å²) in [6.07, 6.45) is 2.85. The van der Waals surface area contributed by atoms with E-state index in [9.17, 15) is 0 Å². The summed E-state index contributed by atoms with van der Waals surface area (Å²) < 4.78 is 10.2. The van der Waals surface area contributed by atoms with Gasteiger partial charge in [-0.05, 0) is 24.9 Å². The SMILES string of the molecule is COCCCCNCc1nc(Cc2ccccc2)no1. The van der Waals surface area contributed by atoms with Crippen molar-refractivity contribution in [1.29, 1.82) is 0 Å². The zero-order valence-corrected chi connectivity index (χ0v) is 11.8. The highest BCUT2D eigenvalue weighted by Gasteiger charge is 2.06. The molecule has 5 nitrogen and oxygen atoms in total. The van der Waals surface area contributed by atoms with Gasteiger partial charge in [0.25, 0.3) is 0 Å². The molecule has 5 heteroatoms. The fourth-order valence-corrected chi connectivity index (χ4v) is 1.90. The van der Waals surface area contributed by atoms with Gasteiger partial charge < -0.3 is 14.6 Å². The number of hydrogen-bond acceptors (Lipinski definition) is 5. The van der Waals surface area contributed by atoms with Crippen LogP contribution in [0.3, 0.4) is 0 Å². The molecule has 20 heavy (non-hydrogen) atoms. The van der Waals surface area contributed by atoms with E-state index in [1.54, 1.807) is 7.11 Å². The van der Waals surface area contributed by atoms with Gasteiger partial charge in [0.05, 0.1) is 6.54 Å². The molecule has 0 saturated carbocycles. The monoisotopic (exact) mass is 275 g/mol. The smallest absolute Gasteiger partial charge is 0.240 e. The molecule has 0 fully saturated rings. The summed E-state index contributed by atoms with van der Waals surface area (Å²) in [5.74, 6) is 1.37. The van der Waals surface area contributed by atoms with Crippen LogP contribution in [0.4, 0.5) is 0 Å². The van der Waals surface area contributed by atoms with Crippen molar-refractivity contribution in [2.45, 2.75) is 25.8 Å². The van der Waals surface area contributed by atoms with Crippen molar-refractivity contribution in [2.75, 3.05) is 20.3 Å². The summed E-state index contributed by atoms with van der Waals surface area (Å²) in [6, 6.07) is 10.1. The Hall–Kier alpha value is -1.72. The molecule has 1 aromatic carbocycles. The van der Waals surface area contributed by atoms with Crippen molar-refractivity contribution < 1.29 is 9.26 Å². The molecular weight excluding hydrogens is 254 g/mol. The highest BCUT2D eigenvalue weighted by molar-refractivity contribution is 5.18. The molecule has 0 unspecified atom stereocenters. The maximum Gasteiger partial charge on any atom is 0.240 e. The van der Waals surface area contributed by atoms with E-state index in [2.05, 4.69) is 27.6 Å². The first-order valence-corrected chi connectivity index (χ1v) is 6.93. The van der Waals surface area contributed by atoms with Crippen molar-refractivity contribution in [3.8, 4) is 0 Å². The lowest BCUT2D eigenvalue weighted by molar-refractivity contribution is 0.192. The van der Waals surface area contributed by atoms with Crippen LogP contribution >= 0.6 is 0 Å². The molecule has 0 aliphatic carbocycles. The second-order valence-corrected chi connectivity index (χ2v) is 4.64. The maximum absolute atomic E-state index is 5.22. The lowest BCUT2D eigenvalue weighted by atomic mass is 10.1. The number of hydrogen-bond donors (Lipinski definition) is 1. The van der Waals surface area contributed by atoms with E-state index in [4.69, 9.17) is 9.26 Å². The predicted octanol–water partition coefficient (Wildman–Crippen LogP) is 2.18. The van der Waals surface area contributed by atoms with Crippen molar-refractivity contribution >= 4 is 0 Å². The Morgan fingerprint density at radius 2 is 2.05 bits per heavy atom. The number of aromatic nitrogens is 2.